The van der Waals surface area contributed by atoms with Gasteiger partial charge in [-0.3, -0.25) is 14.5 Å². The molecule has 10 heteroatoms. The molecule has 1 aliphatic rings. The molecule has 1 amide bonds. The van der Waals surface area contributed by atoms with Crippen molar-refractivity contribution in [3.8, 4) is 11.5 Å². The number of thiazole rings is 1. The third kappa shape index (κ3) is 4.31. The van der Waals surface area contributed by atoms with E-state index in [1.807, 2.05) is 25.1 Å². The molecule has 1 atom stereocenters. The number of Topliss-reactive ketones (excluding diaryl/α,β-unsaturated/α-hetero) is 1. The third-order valence-corrected chi connectivity index (χ3v) is 7.62. The zero-order valence-electron chi connectivity index (χ0n) is 19.9. The molecule has 0 bridgehead atoms. The number of halogens is 2. The Morgan fingerprint density at radius 1 is 1.03 bits per heavy atom. The van der Waals surface area contributed by atoms with Crippen LogP contribution in [0.25, 0.3) is 16.0 Å². The summed E-state index contributed by atoms with van der Waals surface area (Å²) in [5.74, 6) is -1.58. The van der Waals surface area contributed by atoms with E-state index in [4.69, 9.17) is 32.7 Å². The van der Waals surface area contributed by atoms with Crippen molar-refractivity contribution in [1.82, 2.24) is 4.98 Å². The highest BCUT2D eigenvalue weighted by Crippen LogP contribution is 2.46. The molecule has 1 unspecified atom stereocenters. The van der Waals surface area contributed by atoms with Crippen LogP contribution in [0.3, 0.4) is 0 Å². The van der Waals surface area contributed by atoms with Crippen LogP contribution in [0.5, 0.6) is 11.5 Å². The van der Waals surface area contributed by atoms with Crippen LogP contribution in [0, 0.1) is 6.92 Å². The van der Waals surface area contributed by atoms with Crippen molar-refractivity contribution < 1.29 is 24.2 Å². The number of hydrogen-bond donors (Lipinski definition) is 1. The third-order valence-electron chi connectivity index (χ3n) is 6.08. The van der Waals surface area contributed by atoms with Gasteiger partial charge in [-0.2, -0.15) is 0 Å². The van der Waals surface area contributed by atoms with E-state index in [2.05, 4.69) is 4.98 Å². The van der Waals surface area contributed by atoms with Crippen LogP contribution < -0.4 is 14.4 Å². The SMILES string of the molecule is COc1cc(/C(O)=C2\C(=O)C(=O)N(c3nc4ccc(Cl)cc4s3)C2c2cccc(C)c2)c(OC)cc1Cl. The van der Waals surface area contributed by atoms with Gasteiger partial charge in [-0.15, -0.1) is 0 Å². The number of benzene rings is 3. The first kappa shape index (κ1) is 25.1. The standard InChI is InChI=1S/C27H20Cl2N2O5S/c1-13-5-4-6-14(9-13)23-22(24(32)16-11-20(36-3)17(29)12-19(16)35-2)25(33)26(34)31(23)27-30-18-8-7-15(28)10-21(18)37-27/h4-12,23,32H,1-3H3/b24-22+. The number of aryl methyl sites for hydroxylation is 1. The zero-order valence-corrected chi connectivity index (χ0v) is 22.2. The molecule has 4 aromatic rings. The zero-order chi connectivity index (χ0) is 26.4. The Hall–Kier alpha value is -3.59. The fourth-order valence-corrected chi connectivity index (χ4v) is 5.86. The van der Waals surface area contributed by atoms with E-state index in [9.17, 15) is 14.7 Å². The Kier molecular flexibility index (Phi) is 6.58. The number of hydrogen-bond acceptors (Lipinski definition) is 7. The summed E-state index contributed by atoms with van der Waals surface area (Å²) in [6, 6.07) is 14.6. The molecule has 37 heavy (non-hydrogen) atoms. The first-order valence-corrected chi connectivity index (χ1v) is 12.7. The topological polar surface area (TPSA) is 89.0 Å². The quantitative estimate of drug-likeness (QED) is 0.171. The second-order valence-electron chi connectivity index (χ2n) is 8.38. The number of ketones is 1. The molecule has 0 radical (unpaired) electrons. The number of ether oxygens (including phenoxy) is 2. The second-order valence-corrected chi connectivity index (χ2v) is 10.2. The lowest BCUT2D eigenvalue weighted by atomic mass is 9.94. The van der Waals surface area contributed by atoms with Crippen molar-refractivity contribution in [3.05, 3.63) is 86.9 Å². The van der Waals surface area contributed by atoms with E-state index in [0.29, 0.717) is 21.2 Å². The van der Waals surface area contributed by atoms with Crippen LogP contribution >= 0.6 is 34.5 Å². The van der Waals surface area contributed by atoms with Gasteiger partial charge in [0.2, 0.25) is 0 Å². The summed E-state index contributed by atoms with van der Waals surface area (Å²) < 4.78 is 11.5. The summed E-state index contributed by atoms with van der Waals surface area (Å²) in [4.78, 5) is 32.9. The molecule has 5 rings (SSSR count). The van der Waals surface area contributed by atoms with Gasteiger partial charge in [0.15, 0.2) is 5.13 Å². The van der Waals surface area contributed by atoms with Crippen LogP contribution in [0.2, 0.25) is 10.0 Å². The summed E-state index contributed by atoms with van der Waals surface area (Å²) in [6.45, 7) is 1.91. The molecule has 0 saturated carbocycles. The highest BCUT2D eigenvalue weighted by atomic mass is 35.5. The molecule has 1 saturated heterocycles. The van der Waals surface area contributed by atoms with Crippen LogP contribution in [0.1, 0.15) is 22.7 Å². The van der Waals surface area contributed by atoms with Gasteiger partial charge >= 0.3 is 5.91 Å². The average Bonchev–Trinajstić information content (AvgIpc) is 3.41. The maximum absolute atomic E-state index is 13.5. The van der Waals surface area contributed by atoms with Crippen LogP contribution in [-0.4, -0.2) is 36.0 Å². The van der Waals surface area contributed by atoms with Crippen LogP contribution in [0.15, 0.2) is 60.2 Å². The van der Waals surface area contributed by atoms with Gasteiger partial charge in [0, 0.05) is 11.1 Å². The Balaban J connectivity index is 1.77. The molecule has 0 spiro atoms. The van der Waals surface area contributed by atoms with E-state index in [0.717, 1.165) is 10.3 Å². The van der Waals surface area contributed by atoms with Gasteiger partial charge in [-0.25, -0.2) is 4.98 Å². The fraction of sp³-hybridized carbons (Fsp3) is 0.148. The summed E-state index contributed by atoms with van der Waals surface area (Å²) in [7, 11) is 2.85. The minimum atomic E-state index is -0.942. The molecule has 1 aliphatic heterocycles. The van der Waals surface area contributed by atoms with E-state index in [1.165, 1.54) is 42.6 Å². The van der Waals surface area contributed by atoms with Gasteiger partial charge in [0.1, 0.15) is 17.3 Å². The molecule has 3 aromatic carbocycles. The van der Waals surface area contributed by atoms with Gasteiger partial charge in [0.05, 0.1) is 46.6 Å². The Labute approximate surface area is 226 Å². The highest BCUT2D eigenvalue weighted by molar-refractivity contribution is 7.22. The predicted octanol–water partition coefficient (Wildman–Crippen LogP) is 6.56. The van der Waals surface area contributed by atoms with Crippen LogP contribution in [-0.2, 0) is 9.59 Å². The molecule has 188 valence electrons. The van der Waals surface area contributed by atoms with Gasteiger partial charge < -0.3 is 14.6 Å². The number of aliphatic hydroxyl groups is 1. The number of rotatable bonds is 5. The molecule has 0 aliphatic carbocycles. The van der Waals surface area contributed by atoms with Crippen molar-refractivity contribution in [1.29, 1.82) is 0 Å². The van der Waals surface area contributed by atoms with Crippen LogP contribution in [0.4, 0.5) is 5.13 Å². The Morgan fingerprint density at radius 3 is 2.49 bits per heavy atom. The number of amides is 1. The van der Waals surface area contributed by atoms with Crippen molar-refractivity contribution >= 4 is 67.3 Å². The summed E-state index contributed by atoms with van der Waals surface area (Å²) in [5, 5.41) is 12.6. The number of nitrogens with zero attached hydrogens (tertiary/aromatic N) is 2. The smallest absolute Gasteiger partial charge is 0.301 e. The van der Waals surface area contributed by atoms with Crippen molar-refractivity contribution in [2.45, 2.75) is 13.0 Å². The van der Waals surface area contributed by atoms with Gasteiger partial charge in [-0.05, 0) is 36.8 Å². The first-order chi connectivity index (χ1) is 17.7. The maximum Gasteiger partial charge on any atom is 0.301 e. The Morgan fingerprint density at radius 2 is 1.78 bits per heavy atom. The molecule has 1 N–H and O–H groups in total. The lowest BCUT2D eigenvalue weighted by Gasteiger charge is -2.23. The fourth-order valence-electron chi connectivity index (χ4n) is 4.37. The molecule has 2 heterocycles. The van der Waals surface area contributed by atoms with Gasteiger partial charge in [0.25, 0.3) is 5.78 Å². The Bertz CT molecular complexity index is 1610. The predicted molar refractivity (Wildman–Crippen MR) is 145 cm³/mol. The lowest BCUT2D eigenvalue weighted by Crippen LogP contribution is -2.29. The number of fused-ring (bicyclic) bond motifs is 1. The molecular weight excluding hydrogens is 535 g/mol. The first-order valence-electron chi connectivity index (χ1n) is 11.1. The summed E-state index contributed by atoms with van der Waals surface area (Å²) >= 11 is 13.6. The minimum Gasteiger partial charge on any atom is -0.507 e. The highest BCUT2D eigenvalue weighted by Gasteiger charge is 2.48. The number of aromatic nitrogens is 1. The van der Waals surface area contributed by atoms with Crippen molar-refractivity contribution in [2.75, 3.05) is 19.1 Å². The number of carbonyl (C=O) groups is 2. The van der Waals surface area contributed by atoms with E-state index >= 15 is 0 Å². The minimum absolute atomic E-state index is 0.101. The molecule has 1 aromatic heterocycles. The number of anilines is 1. The largest absolute Gasteiger partial charge is 0.507 e. The molecule has 1 fully saturated rings. The lowest BCUT2D eigenvalue weighted by molar-refractivity contribution is -0.132. The van der Waals surface area contributed by atoms with E-state index in [1.54, 1.807) is 24.3 Å². The number of aliphatic hydroxyl groups excluding tert-OH is 1. The molecular formula is C27H20Cl2N2O5S. The van der Waals surface area contributed by atoms with Crippen molar-refractivity contribution in [3.63, 3.8) is 0 Å². The normalized spacial score (nSPS) is 17.0. The monoisotopic (exact) mass is 554 g/mol. The average molecular weight is 555 g/mol. The van der Waals surface area contributed by atoms with Gasteiger partial charge in [-0.1, -0.05) is 64.4 Å². The maximum atomic E-state index is 13.5. The van der Waals surface area contributed by atoms with Crippen molar-refractivity contribution in [2.24, 2.45) is 0 Å². The second kappa shape index (κ2) is 9.70. The molecule has 7 nitrogen and oxygen atoms in total. The van der Waals surface area contributed by atoms with E-state index in [-0.39, 0.29) is 27.7 Å². The summed E-state index contributed by atoms with van der Waals surface area (Å²) in [6.07, 6.45) is 0. The number of carbonyl (C=O) groups excluding carboxylic acids is 2. The number of methoxy groups -OCH3 is 2. The van der Waals surface area contributed by atoms with E-state index < -0.39 is 23.5 Å². The summed E-state index contributed by atoms with van der Waals surface area (Å²) in [5.41, 5.74) is 2.26.